The van der Waals surface area contributed by atoms with Crippen LogP contribution < -0.4 is 4.90 Å². The largest absolute Gasteiger partial charge is 0.338 e. The number of nitrogens with zero attached hydrogens (tertiary/aromatic N) is 4. The molecule has 0 amide bonds. The average Bonchev–Trinajstić information content (AvgIpc) is 3.11. The molecule has 2 aromatic rings. The zero-order valence-corrected chi connectivity index (χ0v) is 19.4. The highest BCUT2D eigenvalue weighted by Crippen LogP contribution is 2.30. The number of piperazine rings is 1. The standard InChI is InChI=1S/C21H28N4O4S2/c1-16(2)17-4-6-18(7-5-17)31(28,29)20-15-30(26,27)14-19(20)24-10-12-25(13-11-24)21-22-8-3-9-23-21/h3-9,16,19-20H,10-15H2,1-2H3/t19-,20-/m0/s1. The molecular formula is C21H28N4O4S2. The second-order valence-corrected chi connectivity index (χ2v) is 12.8. The van der Waals surface area contributed by atoms with E-state index in [1.54, 1.807) is 30.6 Å². The normalized spacial score (nSPS) is 24.5. The van der Waals surface area contributed by atoms with E-state index >= 15 is 0 Å². The molecule has 3 heterocycles. The number of sulfone groups is 2. The number of hydrogen-bond donors (Lipinski definition) is 0. The number of aromatic nitrogens is 2. The molecule has 2 fully saturated rings. The maximum atomic E-state index is 13.4. The van der Waals surface area contributed by atoms with Gasteiger partial charge >= 0.3 is 0 Å². The van der Waals surface area contributed by atoms with Gasteiger partial charge in [0.15, 0.2) is 19.7 Å². The van der Waals surface area contributed by atoms with E-state index in [0.717, 1.165) is 5.56 Å². The average molecular weight is 465 g/mol. The van der Waals surface area contributed by atoms with Gasteiger partial charge in [-0.05, 0) is 29.7 Å². The van der Waals surface area contributed by atoms with Crippen LogP contribution in [-0.2, 0) is 19.7 Å². The molecule has 0 bridgehead atoms. The fraction of sp³-hybridized carbons (Fsp3) is 0.524. The Balaban J connectivity index is 1.54. The predicted molar refractivity (Wildman–Crippen MR) is 120 cm³/mol. The Labute approximate surface area is 184 Å². The molecule has 8 nitrogen and oxygen atoms in total. The molecule has 168 valence electrons. The number of hydrogen-bond acceptors (Lipinski definition) is 8. The minimum atomic E-state index is -3.78. The monoisotopic (exact) mass is 464 g/mol. The van der Waals surface area contributed by atoms with Gasteiger partial charge in [-0.2, -0.15) is 0 Å². The zero-order chi connectivity index (χ0) is 22.2. The topological polar surface area (TPSA) is 101 Å². The van der Waals surface area contributed by atoms with Gasteiger partial charge in [-0.1, -0.05) is 26.0 Å². The first-order valence-electron chi connectivity index (χ1n) is 10.5. The van der Waals surface area contributed by atoms with Gasteiger partial charge in [-0.25, -0.2) is 26.8 Å². The van der Waals surface area contributed by atoms with E-state index in [0.29, 0.717) is 38.0 Å². The van der Waals surface area contributed by atoms with E-state index < -0.39 is 31.0 Å². The summed E-state index contributed by atoms with van der Waals surface area (Å²) in [5.74, 6) is 0.480. The molecule has 0 aliphatic carbocycles. The van der Waals surface area contributed by atoms with Crippen LogP contribution in [0.1, 0.15) is 25.3 Å². The van der Waals surface area contributed by atoms with Gasteiger partial charge in [-0.3, -0.25) is 4.90 Å². The molecule has 2 aliphatic heterocycles. The third-order valence-electron chi connectivity index (χ3n) is 6.16. The molecule has 4 rings (SSSR count). The summed E-state index contributed by atoms with van der Waals surface area (Å²) in [5.41, 5.74) is 1.05. The first kappa shape index (κ1) is 22.2. The van der Waals surface area contributed by atoms with Crippen LogP contribution in [-0.4, -0.2) is 80.7 Å². The number of benzene rings is 1. The van der Waals surface area contributed by atoms with Crippen molar-refractivity contribution >= 4 is 25.6 Å². The highest BCUT2D eigenvalue weighted by molar-refractivity contribution is 7.96. The molecule has 0 unspecified atom stereocenters. The lowest BCUT2D eigenvalue weighted by Crippen LogP contribution is -2.55. The van der Waals surface area contributed by atoms with Crippen molar-refractivity contribution in [2.24, 2.45) is 0 Å². The maximum absolute atomic E-state index is 13.4. The lowest BCUT2D eigenvalue weighted by molar-refractivity contribution is 0.201. The second kappa shape index (κ2) is 8.48. The minimum absolute atomic E-state index is 0.122. The quantitative estimate of drug-likeness (QED) is 0.654. The summed E-state index contributed by atoms with van der Waals surface area (Å²) in [4.78, 5) is 12.8. The molecule has 1 aromatic carbocycles. The van der Waals surface area contributed by atoms with Gasteiger partial charge in [0.05, 0.1) is 21.7 Å². The van der Waals surface area contributed by atoms with Crippen molar-refractivity contribution in [2.75, 3.05) is 42.6 Å². The molecule has 1 aromatic heterocycles. The van der Waals surface area contributed by atoms with Gasteiger partial charge in [0.1, 0.15) is 0 Å². The summed E-state index contributed by atoms with van der Waals surface area (Å²) in [6.45, 7) is 6.47. The van der Waals surface area contributed by atoms with E-state index in [9.17, 15) is 16.8 Å². The Morgan fingerprint density at radius 1 is 0.968 bits per heavy atom. The van der Waals surface area contributed by atoms with Gasteiger partial charge in [-0.15, -0.1) is 0 Å². The fourth-order valence-electron chi connectivity index (χ4n) is 4.36. The Bertz CT molecular complexity index is 1110. The third-order valence-corrected chi connectivity index (χ3v) is 10.3. The van der Waals surface area contributed by atoms with Crippen LogP contribution in [0.15, 0.2) is 47.6 Å². The van der Waals surface area contributed by atoms with Gasteiger partial charge in [0, 0.05) is 44.6 Å². The van der Waals surface area contributed by atoms with Gasteiger partial charge in [0.2, 0.25) is 5.95 Å². The Morgan fingerprint density at radius 3 is 2.16 bits per heavy atom. The van der Waals surface area contributed by atoms with Crippen LogP contribution in [0, 0.1) is 0 Å². The summed E-state index contributed by atoms with van der Waals surface area (Å²) >= 11 is 0. The smallest absolute Gasteiger partial charge is 0.225 e. The number of rotatable bonds is 5. The summed E-state index contributed by atoms with van der Waals surface area (Å²) in [6.07, 6.45) is 3.37. The first-order chi connectivity index (χ1) is 14.7. The van der Waals surface area contributed by atoms with Crippen LogP contribution in [0.25, 0.3) is 0 Å². The molecule has 0 radical (unpaired) electrons. The molecule has 10 heteroatoms. The molecule has 0 spiro atoms. The van der Waals surface area contributed by atoms with Crippen molar-refractivity contribution in [2.45, 2.75) is 36.0 Å². The summed E-state index contributed by atoms with van der Waals surface area (Å²) < 4.78 is 51.8. The summed E-state index contributed by atoms with van der Waals surface area (Å²) in [7, 11) is -7.21. The Morgan fingerprint density at radius 2 is 1.58 bits per heavy atom. The van der Waals surface area contributed by atoms with Crippen LogP contribution in [0.3, 0.4) is 0 Å². The maximum Gasteiger partial charge on any atom is 0.225 e. The second-order valence-electron chi connectivity index (χ2n) is 8.52. The minimum Gasteiger partial charge on any atom is -0.338 e. The van der Waals surface area contributed by atoms with Crippen molar-refractivity contribution in [1.29, 1.82) is 0 Å². The van der Waals surface area contributed by atoms with E-state index in [4.69, 9.17) is 0 Å². The van der Waals surface area contributed by atoms with Crippen LogP contribution >= 0.6 is 0 Å². The number of anilines is 1. The van der Waals surface area contributed by atoms with Crippen LogP contribution in [0.4, 0.5) is 5.95 Å². The zero-order valence-electron chi connectivity index (χ0n) is 17.8. The van der Waals surface area contributed by atoms with Crippen molar-refractivity contribution in [1.82, 2.24) is 14.9 Å². The molecule has 0 N–H and O–H groups in total. The van der Waals surface area contributed by atoms with E-state index in [1.165, 1.54) is 0 Å². The van der Waals surface area contributed by atoms with E-state index in [-0.39, 0.29) is 16.4 Å². The van der Waals surface area contributed by atoms with Gasteiger partial charge < -0.3 is 4.90 Å². The predicted octanol–water partition coefficient (Wildman–Crippen LogP) is 1.36. The lowest BCUT2D eigenvalue weighted by Gasteiger charge is -2.39. The van der Waals surface area contributed by atoms with Crippen molar-refractivity contribution in [3.05, 3.63) is 48.3 Å². The fourth-order valence-corrected chi connectivity index (χ4v) is 9.19. The molecule has 2 atom stereocenters. The molecule has 31 heavy (non-hydrogen) atoms. The molecule has 2 aliphatic rings. The summed E-state index contributed by atoms with van der Waals surface area (Å²) in [6, 6.07) is 8.06. The SMILES string of the molecule is CC(C)c1ccc(S(=O)(=O)[C@H]2CS(=O)(=O)C[C@@H]2N2CCN(c3ncccn3)CC2)cc1. The summed E-state index contributed by atoms with van der Waals surface area (Å²) in [5, 5.41) is -0.957. The van der Waals surface area contributed by atoms with Gasteiger partial charge in [0.25, 0.3) is 0 Å². The Hall–Kier alpha value is -2.04. The first-order valence-corrected chi connectivity index (χ1v) is 13.8. The third kappa shape index (κ3) is 4.61. The molecule has 0 saturated carbocycles. The molecule has 2 saturated heterocycles. The Kier molecular flexibility index (Phi) is 6.06. The van der Waals surface area contributed by atoms with Crippen molar-refractivity contribution in [3.63, 3.8) is 0 Å². The van der Waals surface area contributed by atoms with E-state index in [2.05, 4.69) is 9.97 Å². The van der Waals surface area contributed by atoms with Crippen LogP contribution in [0.5, 0.6) is 0 Å². The lowest BCUT2D eigenvalue weighted by atomic mass is 10.0. The van der Waals surface area contributed by atoms with E-state index in [1.807, 2.05) is 35.8 Å². The van der Waals surface area contributed by atoms with Crippen molar-refractivity contribution in [3.8, 4) is 0 Å². The van der Waals surface area contributed by atoms with Crippen molar-refractivity contribution < 1.29 is 16.8 Å². The van der Waals surface area contributed by atoms with Crippen LogP contribution in [0.2, 0.25) is 0 Å². The molecular weight excluding hydrogens is 436 g/mol. The highest BCUT2D eigenvalue weighted by Gasteiger charge is 2.48. The highest BCUT2D eigenvalue weighted by atomic mass is 32.2.